The first-order valence-electron chi connectivity index (χ1n) is 6.77. The van der Waals surface area contributed by atoms with E-state index in [1.807, 2.05) is 6.20 Å². The molecule has 5 heteroatoms. The van der Waals surface area contributed by atoms with E-state index in [-0.39, 0.29) is 0 Å². The van der Waals surface area contributed by atoms with Gasteiger partial charge in [-0.1, -0.05) is 0 Å². The molecule has 0 aromatic carbocycles. The number of piperazine rings is 1. The van der Waals surface area contributed by atoms with Gasteiger partial charge in [-0.2, -0.15) is 0 Å². The molecule has 2 heterocycles. The molecule has 18 heavy (non-hydrogen) atoms. The quantitative estimate of drug-likeness (QED) is 0.785. The van der Waals surface area contributed by atoms with E-state index in [2.05, 4.69) is 34.1 Å². The summed E-state index contributed by atoms with van der Waals surface area (Å²) in [6, 6.07) is 0. The van der Waals surface area contributed by atoms with Crippen molar-refractivity contribution in [1.82, 2.24) is 20.1 Å². The van der Waals surface area contributed by atoms with Gasteiger partial charge in [0.2, 0.25) is 0 Å². The predicted molar refractivity (Wildman–Crippen MR) is 77.1 cm³/mol. The Morgan fingerprint density at radius 2 is 2.11 bits per heavy atom. The van der Waals surface area contributed by atoms with Crippen molar-refractivity contribution in [3.05, 3.63) is 16.1 Å². The SMILES string of the molecule is Cc1ncc(CNCCCN2CCN(C)CC2)s1. The fourth-order valence-corrected chi connectivity index (χ4v) is 2.96. The van der Waals surface area contributed by atoms with Crippen LogP contribution in [-0.2, 0) is 6.54 Å². The number of likely N-dealkylation sites (N-methyl/N-ethyl adjacent to an activating group) is 1. The van der Waals surface area contributed by atoms with Crippen molar-refractivity contribution in [3.8, 4) is 0 Å². The Kier molecular flexibility index (Phi) is 5.56. The standard InChI is InChI=1S/C13H24N4S/c1-12-15-11-13(18-12)10-14-4-3-5-17-8-6-16(2)7-9-17/h11,14H,3-10H2,1-2H3. The van der Waals surface area contributed by atoms with Crippen LogP contribution in [0.5, 0.6) is 0 Å². The van der Waals surface area contributed by atoms with E-state index in [1.54, 1.807) is 11.3 Å². The molecule has 4 nitrogen and oxygen atoms in total. The maximum Gasteiger partial charge on any atom is 0.0897 e. The number of thiazole rings is 1. The average Bonchev–Trinajstić information content (AvgIpc) is 2.77. The van der Waals surface area contributed by atoms with Gasteiger partial charge in [0.05, 0.1) is 5.01 Å². The summed E-state index contributed by atoms with van der Waals surface area (Å²) in [4.78, 5) is 10.6. The van der Waals surface area contributed by atoms with Crippen molar-refractivity contribution in [2.45, 2.75) is 19.9 Å². The molecular weight excluding hydrogens is 244 g/mol. The maximum absolute atomic E-state index is 4.26. The highest BCUT2D eigenvalue weighted by Gasteiger charge is 2.12. The van der Waals surface area contributed by atoms with Crippen molar-refractivity contribution < 1.29 is 0 Å². The van der Waals surface area contributed by atoms with Crippen molar-refractivity contribution in [2.24, 2.45) is 0 Å². The smallest absolute Gasteiger partial charge is 0.0897 e. The largest absolute Gasteiger partial charge is 0.312 e. The zero-order valence-electron chi connectivity index (χ0n) is 11.5. The van der Waals surface area contributed by atoms with E-state index in [0.29, 0.717) is 0 Å². The van der Waals surface area contributed by atoms with E-state index >= 15 is 0 Å². The van der Waals surface area contributed by atoms with Gasteiger partial charge in [-0.05, 0) is 33.5 Å². The van der Waals surface area contributed by atoms with Gasteiger partial charge in [0.25, 0.3) is 0 Å². The van der Waals surface area contributed by atoms with Crippen LogP contribution in [0.25, 0.3) is 0 Å². The number of nitrogens with one attached hydrogen (secondary N) is 1. The zero-order valence-corrected chi connectivity index (χ0v) is 12.3. The molecule has 0 aliphatic carbocycles. The molecule has 1 aliphatic heterocycles. The minimum absolute atomic E-state index is 0.967. The molecular formula is C13H24N4S. The topological polar surface area (TPSA) is 31.4 Å². The van der Waals surface area contributed by atoms with Crippen LogP contribution in [0.4, 0.5) is 0 Å². The van der Waals surface area contributed by atoms with E-state index in [1.165, 1.54) is 44.0 Å². The molecule has 2 rings (SSSR count). The molecule has 1 N–H and O–H groups in total. The van der Waals surface area contributed by atoms with Gasteiger partial charge in [0, 0.05) is 43.8 Å². The molecule has 1 fully saturated rings. The van der Waals surface area contributed by atoms with Crippen LogP contribution in [0.3, 0.4) is 0 Å². The fraction of sp³-hybridized carbons (Fsp3) is 0.769. The molecule has 0 atom stereocenters. The highest BCUT2D eigenvalue weighted by molar-refractivity contribution is 7.11. The molecule has 1 aromatic heterocycles. The Morgan fingerprint density at radius 3 is 2.78 bits per heavy atom. The third-order valence-corrected chi connectivity index (χ3v) is 4.30. The summed E-state index contributed by atoms with van der Waals surface area (Å²) in [6.07, 6.45) is 3.22. The Morgan fingerprint density at radius 1 is 1.33 bits per heavy atom. The van der Waals surface area contributed by atoms with Gasteiger partial charge in [0.15, 0.2) is 0 Å². The maximum atomic E-state index is 4.26. The fourth-order valence-electron chi connectivity index (χ4n) is 2.20. The first-order chi connectivity index (χ1) is 8.74. The number of hydrogen-bond acceptors (Lipinski definition) is 5. The number of hydrogen-bond donors (Lipinski definition) is 1. The van der Waals surface area contributed by atoms with E-state index in [9.17, 15) is 0 Å². The molecule has 0 saturated carbocycles. The van der Waals surface area contributed by atoms with Gasteiger partial charge in [-0.25, -0.2) is 4.98 Å². The van der Waals surface area contributed by atoms with E-state index < -0.39 is 0 Å². The van der Waals surface area contributed by atoms with Gasteiger partial charge < -0.3 is 15.1 Å². The molecule has 1 aromatic rings. The van der Waals surface area contributed by atoms with Crippen molar-refractivity contribution in [2.75, 3.05) is 46.3 Å². The summed E-state index contributed by atoms with van der Waals surface area (Å²) < 4.78 is 0. The highest BCUT2D eigenvalue weighted by atomic mass is 32.1. The Hall–Kier alpha value is -0.490. The van der Waals surface area contributed by atoms with Crippen LogP contribution in [0.1, 0.15) is 16.3 Å². The summed E-state index contributed by atoms with van der Waals surface area (Å²) in [7, 11) is 2.20. The molecule has 0 bridgehead atoms. The minimum Gasteiger partial charge on any atom is -0.312 e. The number of aryl methyl sites for hydroxylation is 1. The Balaban J connectivity index is 1.51. The highest BCUT2D eigenvalue weighted by Crippen LogP contribution is 2.10. The number of aromatic nitrogens is 1. The molecule has 0 amide bonds. The lowest BCUT2D eigenvalue weighted by molar-refractivity contribution is 0.153. The van der Waals surface area contributed by atoms with Crippen molar-refractivity contribution in [3.63, 3.8) is 0 Å². The predicted octanol–water partition coefficient (Wildman–Crippen LogP) is 1.18. The average molecular weight is 268 g/mol. The third kappa shape index (κ3) is 4.65. The third-order valence-electron chi connectivity index (χ3n) is 3.39. The van der Waals surface area contributed by atoms with Gasteiger partial charge in [0.1, 0.15) is 0 Å². The van der Waals surface area contributed by atoms with Crippen LogP contribution in [0.2, 0.25) is 0 Å². The molecule has 1 saturated heterocycles. The summed E-state index contributed by atoms with van der Waals surface area (Å²) in [5.41, 5.74) is 0. The van der Waals surface area contributed by atoms with Crippen LogP contribution in [0, 0.1) is 6.92 Å². The number of nitrogens with zero attached hydrogens (tertiary/aromatic N) is 3. The minimum atomic E-state index is 0.967. The van der Waals surface area contributed by atoms with Gasteiger partial charge >= 0.3 is 0 Å². The molecule has 102 valence electrons. The first kappa shape index (κ1) is 13.9. The zero-order chi connectivity index (χ0) is 12.8. The lowest BCUT2D eigenvalue weighted by Gasteiger charge is -2.32. The molecule has 0 spiro atoms. The Labute approximate surface area is 114 Å². The van der Waals surface area contributed by atoms with Crippen LogP contribution in [0.15, 0.2) is 6.20 Å². The van der Waals surface area contributed by atoms with E-state index in [0.717, 1.165) is 18.1 Å². The summed E-state index contributed by atoms with van der Waals surface area (Å²) in [5.74, 6) is 0. The lowest BCUT2D eigenvalue weighted by Crippen LogP contribution is -2.45. The molecule has 0 radical (unpaired) electrons. The second kappa shape index (κ2) is 7.19. The number of rotatable bonds is 6. The molecule has 0 unspecified atom stereocenters. The van der Waals surface area contributed by atoms with Crippen molar-refractivity contribution >= 4 is 11.3 Å². The lowest BCUT2D eigenvalue weighted by atomic mass is 10.3. The Bertz CT molecular complexity index is 345. The summed E-state index contributed by atoms with van der Waals surface area (Å²) >= 11 is 1.78. The van der Waals surface area contributed by atoms with Crippen molar-refractivity contribution in [1.29, 1.82) is 0 Å². The monoisotopic (exact) mass is 268 g/mol. The molecule has 1 aliphatic rings. The van der Waals surface area contributed by atoms with Gasteiger partial charge in [-0.15, -0.1) is 11.3 Å². The first-order valence-corrected chi connectivity index (χ1v) is 7.58. The van der Waals surface area contributed by atoms with E-state index in [4.69, 9.17) is 0 Å². The second-order valence-electron chi connectivity index (χ2n) is 5.02. The van der Waals surface area contributed by atoms with Crippen LogP contribution in [-0.4, -0.2) is 61.1 Å². The van der Waals surface area contributed by atoms with Crippen LogP contribution < -0.4 is 5.32 Å². The van der Waals surface area contributed by atoms with Crippen LogP contribution >= 0.6 is 11.3 Å². The summed E-state index contributed by atoms with van der Waals surface area (Å²) in [6.45, 7) is 10.2. The normalized spacial score (nSPS) is 18.3. The summed E-state index contributed by atoms with van der Waals surface area (Å²) in [5, 5.41) is 4.65. The van der Waals surface area contributed by atoms with Gasteiger partial charge in [-0.3, -0.25) is 0 Å². The second-order valence-corrected chi connectivity index (χ2v) is 6.34.